The largest absolute Gasteiger partial charge is 0.514 e. The van der Waals surface area contributed by atoms with Gasteiger partial charge in [-0.3, -0.25) is 4.79 Å². The van der Waals surface area contributed by atoms with Gasteiger partial charge in [0.2, 0.25) is 0 Å². The van der Waals surface area contributed by atoms with Crippen molar-refractivity contribution in [2.75, 3.05) is 6.61 Å². The summed E-state index contributed by atoms with van der Waals surface area (Å²) in [4.78, 5) is 24.5. The number of rotatable bonds is 6. The number of aryl methyl sites for hydroxylation is 1. The standard InChI is InChI=1S/C25H40O5/c1-11-14-28-20(26)13-12-17-15-18(23(2,3)4)21(19(16-17)24(5,6)7)29-22(27)30-25(8,9)10/h15-16H,11-14H2,1-10H3. The second kappa shape index (κ2) is 9.84. The van der Waals surface area contributed by atoms with E-state index in [0.29, 0.717) is 25.2 Å². The Balaban J connectivity index is 3.38. The molecule has 0 aliphatic carbocycles. The van der Waals surface area contributed by atoms with E-state index in [1.165, 1.54) is 0 Å². The maximum atomic E-state index is 12.5. The number of hydrogen-bond donors (Lipinski definition) is 0. The topological polar surface area (TPSA) is 61.8 Å². The Bertz CT molecular complexity index is 707. The van der Waals surface area contributed by atoms with Crippen molar-refractivity contribution >= 4 is 12.1 Å². The van der Waals surface area contributed by atoms with E-state index in [1.54, 1.807) is 0 Å². The molecule has 0 aliphatic rings. The Morgan fingerprint density at radius 2 is 1.37 bits per heavy atom. The Kier molecular flexibility index (Phi) is 8.53. The first-order chi connectivity index (χ1) is 13.5. The molecule has 0 amide bonds. The van der Waals surface area contributed by atoms with E-state index < -0.39 is 11.8 Å². The molecule has 30 heavy (non-hydrogen) atoms. The highest BCUT2D eigenvalue weighted by Gasteiger charge is 2.30. The summed E-state index contributed by atoms with van der Waals surface area (Å²) in [6.07, 6.45) is 0.987. The number of carbonyl (C=O) groups is 2. The highest BCUT2D eigenvalue weighted by Crippen LogP contribution is 2.41. The lowest BCUT2D eigenvalue weighted by atomic mass is 9.78. The fourth-order valence-electron chi connectivity index (χ4n) is 2.95. The summed E-state index contributed by atoms with van der Waals surface area (Å²) in [5.41, 5.74) is 1.68. The van der Waals surface area contributed by atoms with Crippen LogP contribution >= 0.6 is 0 Å². The highest BCUT2D eigenvalue weighted by atomic mass is 16.7. The molecular formula is C25H40O5. The molecule has 5 heteroatoms. The lowest BCUT2D eigenvalue weighted by Crippen LogP contribution is -2.28. The predicted molar refractivity (Wildman–Crippen MR) is 120 cm³/mol. The van der Waals surface area contributed by atoms with Gasteiger partial charge in [0.25, 0.3) is 0 Å². The average Bonchev–Trinajstić information content (AvgIpc) is 2.54. The SMILES string of the molecule is CCCOC(=O)CCc1cc(C(C)(C)C)c(OC(=O)OC(C)(C)C)c(C(C)(C)C)c1. The quantitative estimate of drug-likeness (QED) is 0.389. The van der Waals surface area contributed by atoms with Crippen LogP contribution in [0, 0.1) is 0 Å². The van der Waals surface area contributed by atoms with Gasteiger partial charge in [-0.2, -0.15) is 0 Å². The molecule has 0 saturated carbocycles. The minimum atomic E-state index is -0.714. The van der Waals surface area contributed by atoms with Gasteiger partial charge in [-0.15, -0.1) is 0 Å². The van der Waals surface area contributed by atoms with Crippen LogP contribution in [-0.4, -0.2) is 24.3 Å². The molecule has 0 saturated heterocycles. The summed E-state index contributed by atoms with van der Waals surface area (Å²) in [5, 5.41) is 0. The summed E-state index contributed by atoms with van der Waals surface area (Å²) in [7, 11) is 0. The van der Waals surface area contributed by atoms with Gasteiger partial charge < -0.3 is 14.2 Å². The summed E-state index contributed by atoms with van der Waals surface area (Å²) in [5.74, 6) is 0.349. The van der Waals surface area contributed by atoms with Crippen molar-refractivity contribution in [3.63, 3.8) is 0 Å². The van der Waals surface area contributed by atoms with Gasteiger partial charge in [-0.25, -0.2) is 4.79 Å². The first kappa shape index (κ1) is 26.0. The van der Waals surface area contributed by atoms with Crippen molar-refractivity contribution < 1.29 is 23.8 Å². The molecule has 5 nitrogen and oxygen atoms in total. The van der Waals surface area contributed by atoms with Crippen molar-refractivity contribution in [3.05, 3.63) is 28.8 Å². The predicted octanol–water partition coefficient (Wildman–Crippen LogP) is 6.48. The number of benzene rings is 1. The van der Waals surface area contributed by atoms with Gasteiger partial charge in [0.05, 0.1) is 6.61 Å². The van der Waals surface area contributed by atoms with Crippen LogP contribution in [0.15, 0.2) is 12.1 Å². The monoisotopic (exact) mass is 420 g/mol. The Hall–Kier alpha value is -2.04. The van der Waals surface area contributed by atoms with E-state index >= 15 is 0 Å². The number of esters is 1. The molecule has 0 N–H and O–H groups in total. The maximum Gasteiger partial charge on any atom is 0.514 e. The number of hydrogen-bond acceptors (Lipinski definition) is 5. The molecule has 1 aromatic carbocycles. The molecule has 170 valence electrons. The molecule has 0 aliphatic heterocycles. The van der Waals surface area contributed by atoms with Crippen LogP contribution in [-0.2, 0) is 31.5 Å². The van der Waals surface area contributed by atoms with Crippen LogP contribution < -0.4 is 4.74 Å². The van der Waals surface area contributed by atoms with Crippen LogP contribution in [0.25, 0.3) is 0 Å². The molecule has 0 aromatic heterocycles. The average molecular weight is 421 g/mol. The smallest absolute Gasteiger partial charge is 0.466 e. The summed E-state index contributed by atoms with van der Waals surface area (Å²) >= 11 is 0. The molecule has 0 radical (unpaired) electrons. The van der Waals surface area contributed by atoms with Crippen LogP contribution in [0.5, 0.6) is 5.75 Å². The minimum absolute atomic E-state index is 0.194. The van der Waals surface area contributed by atoms with Crippen LogP contribution in [0.2, 0.25) is 0 Å². The zero-order valence-corrected chi connectivity index (χ0v) is 20.5. The van der Waals surface area contributed by atoms with Crippen molar-refractivity contribution in [3.8, 4) is 5.75 Å². The fourth-order valence-corrected chi connectivity index (χ4v) is 2.95. The van der Waals surface area contributed by atoms with E-state index in [1.807, 2.05) is 39.8 Å². The maximum absolute atomic E-state index is 12.5. The van der Waals surface area contributed by atoms with Gasteiger partial charge >= 0.3 is 12.1 Å². The van der Waals surface area contributed by atoms with Gasteiger partial charge in [-0.1, -0.05) is 60.6 Å². The summed E-state index contributed by atoms with van der Waals surface area (Å²) in [6.45, 7) is 20.3. The molecule has 1 rings (SSSR count). The Morgan fingerprint density at radius 1 is 0.867 bits per heavy atom. The zero-order chi connectivity index (χ0) is 23.3. The minimum Gasteiger partial charge on any atom is -0.466 e. The molecule has 0 unspecified atom stereocenters. The lowest BCUT2D eigenvalue weighted by Gasteiger charge is -2.30. The molecule has 0 heterocycles. The molecular weight excluding hydrogens is 380 g/mol. The third kappa shape index (κ3) is 8.37. The van der Waals surface area contributed by atoms with E-state index in [2.05, 4.69) is 41.5 Å². The Labute approximate surface area is 182 Å². The molecule has 0 bridgehead atoms. The van der Waals surface area contributed by atoms with Crippen molar-refractivity contribution in [2.24, 2.45) is 0 Å². The lowest BCUT2D eigenvalue weighted by molar-refractivity contribution is -0.143. The van der Waals surface area contributed by atoms with Gasteiger partial charge in [0.1, 0.15) is 11.4 Å². The van der Waals surface area contributed by atoms with E-state index in [9.17, 15) is 9.59 Å². The summed E-state index contributed by atoms with van der Waals surface area (Å²) < 4.78 is 16.4. The zero-order valence-electron chi connectivity index (χ0n) is 20.5. The second-order valence-electron chi connectivity index (χ2n) is 10.8. The molecule has 0 fully saturated rings. The summed E-state index contributed by atoms with van der Waals surface area (Å²) in [6, 6.07) is 4.06. The molecule has 0 atom stereocenters. The number of carbonyl (C=O) groups excluding carboxylic acids is 2. The van der Waals surface area contributed by atoms with Crippen molar-refractivity contribution in [2.45, 2.75) is 105 Å². The highest BCUT2D eigenvalue weighted by molar-refractivity contribution is 5.70. The third-order valence-electron chi connectivity index (χ3n) is 4.42. The van der Waals surface area contributed by atoms with Gasteiger partial charge in [0.15, 0.2) is 0 Å². The van der Waals surface area contributed by atoms with E-state index in [0.717, 1.165) is 23.1 Å². The molecule has 0 spiro atoms. The van der Waals surface area contributed by atoms with Crippen LogP contribution in [0.4, 0.5) is 4.79 Å². The molecule has 1 aromatic rings. The first-order valence-electron chi connectivity index (χ1n) is 10.8. The fraction of sp³-hybridized carbons (Fsp3) is 0.680. The normalized spacial score (nSPS) is 12.5. The Morgan fingerprint density at radius 3 is 1.77 bits per heavy atom. The van der Waals surface area contributed by atoms with Gasteiger partial charge in [0, 0.05) is 17.5 Å². The third-order valence-corrected chi connectivity index (χ3v) is 4.42. The van der Waals surface area contributed by atoms with E-state index in [-0.39, 0.29) is 16.8 Å². The first-order valence-corrected chi connectivity index (χ1v) is 10.8. The van der Waals surface area contributed by atoms with Crippen molar-refractivity contribution in [1.29, 1.82) is 0 Å². The number of ether oxygens (including phenoxy) is 3. The van der Waals surface area contributed by atoms with Gasteiger partial charge in [-0.05, 0) is 50.0 Å². The second-order valence-corrected chi connectivity index (χ2v) is 10.8. The van der Waals surface area contributed by atoms with Crippen LogP contribution in [0.3, 0.4) is 0 Å². The van der Waals surface area contributed by atoms with E-state index in [4.69, 9.17) is 14.2 Å². The van der Waals surface area contributed by atoms with Crippen LogP contribution in [0.1, 0.15) is 98.8 Å². The van der Waals surface area contributed by atoms with Crippen molar-refractivity contribution in [1.82, 2.24) is 0 Å².